The van der Waals surface area contributed by atoms with Gasteiger partial charge in [-0.15, -0.1) is 0 Å². The summed E-state index contributed by atoms with van der Waals surface area (Å²) >= 11 is 9.29. The second-order valence-corrected chi connectivity index (χ2v) is 8.24. The zero-order valence-corrected chi connectivity index (χ0v) is 15.0. The zero-order chi connectivity index (χ0) is 16.8. The number of aryl methyl sites for hydroxylation is 1. The number of benzene rings is 2. The Hall–Kier alpha value is -1.63. The highest BCUT2D eigenvalue weighted by atomic mass is 79.9. The summed E-state index contributed by atoms with van der Waals surface area (Å²) in [4.78, 5) is 11.6. The number of fused-ring (bicyclic) bond motifs is 1. The molecule has 7 heteroatoms. The van der Waals surface area contributed by atoms with Crippen LogP contribution in [0.5, 0.6) is 0 Å². The standard InChI is InChI=1S/C16H10BrClO4S/c1-9-2-4-12(8-13(9)18)23(20,21)15-7-10-6-11(17)3-5-14(10)22-16(15)19/h2-8H,1H3. The molecule has 3 rings (SSSR count). The summed E-state index contributed by atoms with van der Waals surface area (Å²) in [5.41, 5.74) is 0.163. The third-order valence-corrected chi connectivity index (χ3v) is 6.04. The molecule has 0 aliphatic rings. The molecule has 0 spiro atoms. The van der Waals surface area contributed by atoms with Gasteiger partial charge in [-0.2, -0.15) is 0 Å². The van der Waals surface area contributed by atoms with Crippen molar-refractivity contribution in [3.05, 3.63) is 67.9 Å². The molecule has 0 N–H and O–H groups in total. The molecule has 0 bridgehead atoms. The van der Waals surface area contributed by atoms with E-state index in [4.69, 9.17) is 16.0 Å². The zero-order valence-electron chi connectivity index (χ0n) is 11.8. The van der Waals surface area contributed by atoms with Gasteiger partial charge in [-0.1, -0.05) is 33.6 Å². The van der Waals surface area contributed by atoms with Gasteiger partial charge in [0.2, 0.25) is 9.84 Å². The van der Waals surface area contributed by atoms with Crippen molar-refractivity contribution in [1.29, 1.82) is 0 Å². The summed E-state index contributed by atoms with van der Waals surface area (Å²) in [6, 6.07) is 10.6. The quantitative estimate of drug-likeness (QED) is 0.586. The molecular formula is C16H10BrClO4S. The summed E-state index contributed by atoms with van der Waals surface area (Å²) in [6.45, 7) is 1.76. The van der Waals surface area contributed by atoms with E-state index in [0.29, 0.717) is 16.0 Å². The van der Waals surface area contributed by atoms with Crippen LogP contribution in [0.15, 0.2) is 65.9 Å². The van der Waals surface area contributed by atoms with E-state index >= 15 is 0 Å². The Morgan fingerprint density at radius 3 is 2.52 bits per heavy atom. The minimum atomic E-state index is -4.02. The molecule has 3 aromatic rings. The van der Waals surface area contributed by atoms with E-state index in [9.17, 15) is 13.2 Å². The monoisotopic (exact) mass is 412 g/mol. The van der Waals surface area contributed by atoms with E-state index in [2.05, 4.69) is 15.9 Å². The topological polar surface area (TPSA) is 64.3 Å². The summed E-state index contributed by atoms with van der Waals surface area (Å²) in [5, 5.41) is 0.828. The molecule has 0 fully saturated rings. The van der Waals surface area contributed by atoms with Gasteiger partial charge < -0.3 is 4.42 Å². The van der Waals surface area contributed by atoms with Crippen molar-refractivity contribution in [2.24, 2.45) is 0 Å². The van der Waals surface area contributed by atoms with Gasteiger partial charge >= 0.3 is 5.63 Å². The fraction of sp³-hybridized carbons (Fsp3) is 0.0625. The van der Waals surface area contributed by atoms with E-state index in [-0.39, 0.29) is 4.90 Å². The van der Waals surface area contributed by atoms with Crippen molar-refractivity contribution in [2.45, 2.75) is 16.7 Å². The lowest BCUT2D eigenvalue weighted by Gasteiger charge is -2.06. The maximum absolute atomic E-state index is 12.7. The van der Waals surface area contributed by atoms with E-state index in [0.717, 1.165) is 10.0 Å². The molecule has 4 nitrogen and oxygen atoms in total. The minimum absolute atomic E-state index is 0.0465. The van der Waals surface area contributed by atoms with Crippen LogP contribution in [0.1, 0.15) is 5.56 Å². The first-order valence-corrected chi connectivity index (χ1v) is 9.19. The van der Waals surface area contributed by atoms with E-state index < -0.39 is 20.4 Å². The van der Waals surface area contributed by atoms with Crippen molar-refractivity contribution >= 4 is 48.3 Å². The van der Waals surface area contributed by atoms with Gasteiger partial charge in [0.15, 0.2) is 4.90 Å². The number of hydrogen-bond donors (Lipinski definition) is 0. The average molecular weight is 414 g/mol. The van der Waals surface area contributed by atoms with Crippen molar-refractivity contribution in [3.63, 3.8) is 0 Å². The Kier molecular flexibility index (Phi) is 4.08. The van der Waals surface area contributed by atoms with Gasteiger partial charge in [-0.3, -0.25) is 0 Å². The van der Waals surface area contributed by atoms with Crippen LogP contribution < -0.4 is 5.63 Å². The Bertz CT molecular complexity index is 1090. The Morgan fingerprint density at radius 1 is 1.09 bits per heavy atom. The highest BCUT2D eigenvalue weighted by Gasteiger charge is 2.24. The Balaban J connectivity index is 2.27. The maximum atomic E-state index is 12.7. The first-order valence-electron chi connectivity index (χ1n) is 6.54. The number of sulfone groups is 1. The molecule has 0 saturated heterocycles. The molecule has 23 heavy (non-hydrogen) atoms. The molecular weight excluding hydrogens is 404 g/mol. The van der Waals surface area contributed by atoms with E-state index in [1.165, 1.54) is 18.2 Å². The van der Waals surface area contributed by atoms with Gasteiger partial charge in [0.05, 0.1) is 4.90 Å². The average Bonchev–Trinajstić information content (AvgIpc) is 2.49. The van der Waals surface area contributed by atoms with Crippen LogP contribution in [0.2, 0.25) is 5.02 Å². The van der Waals surface area contributed by atoms with Gasteiger partial charge in [0, 0.05) is 14.9 Å². The van der Waals surface area contributed by atoms with Crippen LogP contribution in [0.3, 0.4) is 0 Å². The van der Waals surface area contributed by atoms with Crippen LogP contribution >= 0.6 is 27.5 Å². The number of halogens is 2. The highest BCUT2D eigenvalue weighted by Crippen LogP contribution is 2.26. The van der Waals surface area contributed by atoms with Crippen LogP contribution in [0.25, 0.3) is 11.0 Å². The lowest BCUT2D eigenvalue weighted by molar-refractivity contribution is 0.532. The SMILES string of the molecule is Cc1ccc(S(=O)(=O)c2cc3cc(Br)ccc3oc2=O)cc1Cl. The molecule has 0 radical (unpaired) electrons. The molecule has 0 amide bonds. The van der Waals surface area contributed by atoms with Gasteiger partial charge in [-0.25, -0.2) is 13.2 Å². The van der Waals surface area contributed by atoms with Gasteiger partial charge in [0.25, 0.3) is 0 Å². The number of hydrogen-bond acceptors (Lipinski definition) is 4. The van der Waals surface area contributed by atoms with Gasteiger partial charge in [-0.05, 0) is 48.9 Å². The second-order valence-electron chi connectivity index (χ2n) is 4.99. The van der Waals surface area contributed by atoms with Crippen LogP contribution in [-0.4, -0.2) is 8.42 Å². The lowest BCUT2D eigenvalue weighted by Crippen LogP contribution is -2.14. The second kappa shape index (κ2) is 5.78. The third kappa shape index (κ3) is 2.94. The predicted octanol–water partition coefficient (Wildman–Crippen LogP) is 4.35. The Morgan fingerprint density at radius 2 is 1.83 bits per heavy atom. The molecule has 0 unspecified atom stereocenters. The Labute approximate surface area is 145 Å². The van der Waals surface area contributed by atoms with E-state index in [1.807, 2.05) is 0 Å². The normalized spacial score (nSPS) is 11.8. The first-order chi connectivity index (χ1) is 10.8. The summed E-state index contributed by atoms with van der Waals surface area (Å²) in [6.07, 6.45) is 0. The highest BCUT2D eigenvalue weighted by molar-refractivity contribution is 9.10. The van der Waals surface area contributed by atoms with Crippen LogP contribution in [-0.2, 0) is 9.84 Å². The first kappa shape index (κ1) is 16.2. The van der Waals surface area contributed by atoms with Gasteiger partial charge in [0.1, 0.15) is 5.58 Å². The number of rotatable bonds is 2. The molecule has 1 heterocycles. The third-order valence-electron chi connectivity index (χ3n) is 3.41. The van der Waals surface area contributed by atoms with Crippen molar-refractivity contribution in [3.8, 4) is 0 Å². The van der Waals surface area contributed by atoms with Crippen LogP contribution in [0, 0.1) is 6.92 Å². The predicted molar refractivity (Wildman–Crippen MR) is 91.8 cm³/mol. The minimum Gasteiger partial charge on any atom is -0.422 e. The molecule has 2 aromatic carbocycles. The molecule has 118 valence electrons. The smallest absolute Gasteiger partial charge is 0.355 e. The summed E-state index contributed by atoms with van der Waals surface area (Å²) < 4.78 is 31.3. The molecule has 0 atom stereocenters. The van der Waals surface area contributed by atoms with Crippen molar-refractivity contribution < 1.29 is 12.8 Å². The lowest BCUT2D eigenvalue weighted by atomic mass is 10.2. The van der Waals surface area contributed by atoms with Crippen LogP contribution in [0.4, 0.5) is 0 Å². The van der Waals surface area contributed by atoms with Crippen molar-refractivity contribution in [2.75, 3.05) is 0 Å². The molecule has 0 aliphatic carbocycles. The molecule has 0 aliphatic heterocycles. The largest absolute Gasteiger partial charge is 0.422 e. The van der Waals surface area contributed by atoms with E-state index in [1.54, 1.807) is 31.2 Å². The summed E-state index contributed by atoms with van der Waals surface area (Å²) in [5.74, 6) is 0. The maximum Gasteiger partial charge on any atom is 0.355 e. The fourth-order valence-corrected chi connectivity index (χ4v) is 4.07. The van der Waals surface area contributed by atoms with Crippen molar-refractivity contribution in [1.82, 2.24) is 0 Å². The molecule has 1 aromatic heterocycles. The summed E-state index contributed by atoms with van der Waals surface area (Å²) in [7, 11) is -4.02. The fourth-order valence-electron chi connectivity index (χ4n) is 2.13. The molecule has 0 saturated carbocycles.